The molecular weight excluding hydrogens is 384 g/mol. The average Bonchev–Trinajstić information content (AvgIpc) is 3.62. The Bertz CT molecular complexity index is 802. The summed E-state index contributed by atoms with van der Waals surface area (Å²) in [7, 11) is 0. The zero-order valence-electron chi connectivity index (χ0n) is 17.3. The molecule has 1 saturated carbocycles. The molecule has 1 aliphatic carbocycles. The van der Waals surface area contributed by atoms with Crippen molar-refractivity contribution in [2.45, 2.75) is 32.1 Å². The smallest absolute Gasteiger partial charge is 0.313 e. The van der Waals surface area contributed by atoms with E-state index < -0.39 is 11.8 Å². The van der Waals surface area contributed by atoms with Crippen LogP contribution in [-0.4, -0.2) is 68.6 Å². The van der Waals surface area contributed by atoms with Crippen LogP contribution in [0.25, 0.3) is 0 Å². The summed E-state index contributed by atoms with van der Waals surface area (Å²) in [5.74, 6) is -0.993. The molecule has 1 aromatic rings. The number of aryl methyl sites for hydroxylation is 1. The molecular formula is C22H30N4O4. The summed E-state index contributed by atoms with van der Waals surface area (Å²) in [6, 6.07) is 5.56. The van der Waals surface area contributed by atoms with Crippen molar-refractivity contribution in [3.05, 3.63) is 23.8 Å². The number of carbonyl (C=O) groups is 3. The number of morpholine rings is 1. The van der Waals surface area contributed by atoms with Gasteiger partial charge in [0, 0.05) is 43.5 Å². The van der Waals surface area contributed by atoms with E-state index in [-0.39, 0.29) is 11.8 Å². The first kappa shape index (κ1) is 20.8. The average molecular weight is 415 g/mol. The van der Waals surface area contributed by atoms with Crippen molar-refractivity contribution < 1.29 is 19.1 Å². The quantitative estimate of drug-likeness (QED) is 0.538. The summed E-state index contributed by atoms with van der Waals surface area (Å²) >= 11 is 0. The molecule has 1 aromatic carbocycles. The van der Waals surface area contributed by atoms with Crippen molar-refractivity contribution in [2.75, 3.05) is 56.2 Å². The molecule has 0 bridgehead atoms. The van der Waals surface area contributed by atoms with Crippen LogP contribution < -0.4 is 15.5 Å². The number of anilines is 2. The Morgan fingerprint density at radius 2 is 1.87 bits per heavy atom. The maximum absolute atomic E-state index is 12.6. The second-order valence-electron chi connectivity index (χ2n) is 8.23. The molecule has 0 atom stereocenters. The highest BCUT2D eigenvalue weighted by Crippen LogP contribution is 2.36. The Morgan fingerprint density at radius 3 is 2.63 bits per heavy atom. The van der Waals surface area contributed by atoms with Gasteiger partial charge in [0.25, 0.3) is 0 Å². The van der Waals surface area contributed by atoms with Crippen LogP contribution in [0.2, 0.25) is 0 Å². The van der Waals surface area contributed by atoms with Crippen molar-refractivity contribution in [1.29, 1.82) is 0 Å². The molecule has 2 heterocycles. The number of hydrogen-bond donors (Lipinski definition) is 2. The number of benzene rings is 1. The number of ether oxygens (including phenoxy) is 1. The summed E-state index contributed by atoms with van der Waals surface area (Å²) in [5.41, 5.74) is 2.51. The van der Waals surface area contributed by atoms with Gasteiger partial charge < -0.3 is 20.3 Å². The molecule has 162 valence electrons. The molecule has 0 aromatic heterocycles. The fraction of sp³-hybridized carbons (Fsp3) is 0.591. The fourth-order valence-electron chi connectivity index (χ4n) is 4.03. The first-order valence-electron chi connectivity index (χ1n) is 11.0. The van der Waals surface area contributed by atoms with E-state index in [4.69, 9.17) is 4.74 Å². The van der Waals surface area contributed by atoms with Crippen LogP contribution in [-0.2, 0) is 25.5 Å². The van der Waals surface area contributed by atoms with Gasteiger partial charge in [-0.3, -0.25) is 19.3 Å². The Balaban J connectivity index is 1.28. The second-order valence-corrected chi connectivity index (χ2v) is 8.23. The molecule has 3 amide bonds. The number of amides is 3. The minimum Gasteiger partial charge on any atom is -0.379 e. The highest BCUT2D eigenvalue weighted by molar-refractivity contribution is 6.39. The van der Waals surface area contributed by atoms with E-state index in [0.29, 0.717) is 18.8 Å². The van der Waals surface area contributed by atoms with Gasteiger partial charge >= 0.3 is 11.8 Å². The van der Waals surface area contributed by atoms with Gasteiger partial charge in [0.1, 0.15) is 0 Å². The summed E-state index contributed by atoms with van der Waals surface area (Å²) in [6.45, 7) is 5.36. The van der Waals surface area contributed by atoms with Crippen molar-refractivity contribution in [2.24, 2.45) is 5.92 Å². The van der Waals surface area contributed by atoms with E-state index in [1.807, 2.05) is 17.0 Å². The first-order valence-corrected chi connectivity index (χ1v) is 11.0. The van der Waals surface area contributed by atoms with Crippen molar-refractivity contribution in [3.63, 3.8) is 0 Å². The summed E-state index contributed by atoms with van der Waals surface area (Å²) in [6.07, 6.45) is 4.58. The van der Waals surface area contributed by atoms with E-state index >= 15 is 0 Å². The second kappa shape index (κ2) is 9.57. The molecule has 2 aliphatic heterocycles. The van der Waals surface area contributed by atoms with Gasteiger partial charge in [0.05, 0.1) is 13.2 Å². The predicted molar refractivity (Wildman–Crippen MR) is 113 cm³/mol. The van der Waals surface area contributed by atoms with E-state index in [9.17, 15) is 14.4 Å². The Morgan fingerprint density at radius 1 is 1.07 bits per heavy atom. The number of nitrogens with zero attached hydrogens (tertiary/aromatic N) is 2. The topological polar surface area (TPSA) is 91.0 Å². The molecule has 0 radical (unpaired) electrons. The maximum Gasteiger partial charge on any atom is 0.313 e. The molecule has 4 rings (SSSR count). The Hall–Kier alpha value is -2.45. The molecule has 0 spiro atoms. The molecule has 8 nitrogen and oxygen atoms in total. The summed E-state index contributed by atoms with van der Waals surface area (Å²) in [5, 5.41) is 5.35. The molecule has 8 heteroatoms. The third-order valence-corrected chi connectivity index (χ3v) is 5.90. The molecule has 0 unspecified atom stereocenters. The van der Waals surface area contributed by atoms with Gasteiger partial charge in [0.2, 0.25) is 5.91 Å². The minimum atomic E-state index is -0.683. The fourth-order valence-corrected chi connectivity index (χ4v) is 4.03. The third-order valence-electron chi connectivity index (χ3n) is 5.90. The van der Waals surface area contributed by atoms with Gasteiger partial charge in [-0.1, -0.05) is 6.07 Å². The molecule has 1 saturated heterocycles. The minimum absolute atomic E-state index is 0.150. The van der Waals surface area contributed by atoms with Crippen molar-refractivity contribution >= 4 is 29.1 Å². The van der Waals surface area contributed by atoms with Crippen molar-refractivity contribution in [1.82, 2.24) is 10.2 Å². The standard InChI is InChI=1S/C22H30N4O4/c27-20(23-8-2-9-25-11-13-30-14-12-25)21(28)24-18-7-6-16-3-1-10-26(19(16)15-18)22(29)17-4-5-17/h6-7,15,17H,1-5,8-14H2,(H,23,27)(H,24,28). The lowest BCUT2D eigenvalue weighted by atomic mass is 10.0. The summed E-state index contributed by atoms with van der Waals surface area (Å²) in [4.78, 5) is 41.1. The Kier molecular flexibility index (Phi) is 6.64. The van der Waals surface area contributed by atoms with Crippen LogP contribution in [0.1, 0.15) is 31.2 Å². The zero-order chi connectivity index (χ0) is 20.9. The first-order chi connectivity index (χ1) is 14.6. The third kappa shape index (κ3) is 5.17. The van der Waals surface area contributed by atoms with Crippen LogP contribution in [0.4, 0.5) is 11.4 Å². The van der Waals surface area contributed by atoms with Crippen molar-refractivity contribution in [3.8, 4) is 0 Å². The highest BCUT2D eigenvalue weighted by atomic mass is 16.5. The molecule has 2 N–H and O–H groups in total. The summed E-state index contributed by atoms with van der Waals surface area (Å²) < 4.78 is 5.32. The zero-order valence-corrected chi connectivity index (χ0v) is 17.3. The van der Waals surface area contributed by atoms with Crippen LogP contribution in [0.3, 0.4) is 0 Å². The van der Waals surface area contributed by atoms with Gasteiger partial charge in [-0.25, -0.2) is 0 Å². The Labute approximate surface area is 176 Å². The van der Waals surface area contributed by atoms with E-state index in [1.54, 1.807) is 6.07 Å². The largest absolute Gasteiger partial charge is 0.379 e. The lowest BCUT2D eigenvalue weighted by Crippen LogP contribution is -2.40. The molecule has 3 aliphatic rings. The van der Waals surface area contributed by atoms with E-state index in [2.05, 4.69) is 15.5 Å². The number of nitrogens with one attached hydrogen (secondary N) is 2. The highest BCUT2D eigenvalue weighted by Gasteiger charge is 2.35. The maximum atomic E-state index is 12.6. The molecule has 2 fully saturated rings. The van der Waals surface area contributed by atoms with Crippen LogP contribution in [0, 0.1) is 5.92 Å². The SMILES string of the molecule is O=C(NCCCN1CCOCC1)C(=O)Nc1ccc2c(c1)N(C(=O)C1CC1)CCC2. The lowest BCUT2D eigenvalue weighted by molar-refractivity contribution is -0.136. The van der Waals surface area contributed by atoms with Gasteiger partial charge in [-0.15, -0.1) is 0 Å². The van der Waals surface area contributed by atoms with E-state index in [1.165, 1.54) is 0 Å². The van der Waals surface area contributed by atoms with Crippen LogP contribution in [0.5, 0.6) is 0 Å². The van der Waals surface area contributed by atoms with Crippen LogP contribution in [0.15, 0.2) is 18.2 Å². The number of fused-ring (bicyclic) bond motifs is 1. The normalized spacial score (nSPS) is 19.1. The van der Waals surface area contributed by atoms with E-state index in [0.717, 1.165) is 76.2 Å². The van der Waals surface area contributed by atoms with Gasteiger partial charge in [0.15, 0.2) is 0 Å². The van der Waals surface area contributed by atoms with Gasteiger partial charge in [-0.2, -0.15) is 0 Å². The predicted octanol–water partition coefficient (Wildman–Crippen LogP) is 1.15. The van der Waals surface area contributed by atoms with Crippen LogP contribution >= 0.6 is 0 Å². The molecule has 30 heavy (non-hydrogen) atoms. The number of hydrogen-bond acceptors (Lipinski definition) is 5. The number of carbonyl (C=O) groups excluding carboxylic acids is 3. The monoisotopic (exact) mass is 414 g/mol. The van der Waals surface area contributed by atoms with Gasteiger partial charge in [-0.05, 0) is 56.3 Å². The lowest BCUT2D eigenvalue weighted by Gasteiger charge is -2.30. The number of rotatable bonds is 6.